The molecule has 0 spiro atoms. The lowest BCUT2D eigenvalue weighted by molar-refractivity contribution is 0.303. The van der Waals surface area contributed by atoms with E-state index in [1.54, 1.807) is 12.1 Å². The van der Waals surface area contributed by atoms with Gasteiger partial charge in [0, 0.05) is 6.07 Å². The molecule has 1 aromatic carbocycles. The van der Waals surface area contributed by atoms with Gasteiger partial charge in [0.15, 0.2) is 0 Å². The number of halogens is 1. The minimum Gasteiger partial charge on any atom is -0.493 e. The van der Waals surface area contributed by atoms with Crippen LogP contribution in [-0.2, 0) is 0 Å². The quantitative estimate of drug-likeness (QED) is 0.266. The van der Waals surface area contributed by atoms with Crippen LogP contribution < -0.4 is 4.74 Å². The molecule has 0 heterocycles. The van der Waals surface area contributed by atoms with Crippen LogP contribution in [0, 0.1) is 18.2 Å². The van der Waals surface area contributed by atoms with Gasteiger partial charge < -0.3 is 4.74 Å². The van der Waals surface area contributed by atoms with Gasteiger partial charge in [0.25, 0.3) is 0 Å². The molecule has 0 fully saturated rings. The van der Waals surface area contributed by atoms with E-state index in [2.05, 4.69) is 12.8 Å². The van der Waals surface area contributed by atoms with Gasteiger partial charge in [0.2, 0.25) is 0 Å². The molecule has 0 N–H and O–H groups in total. The summed E-state index contributed by atoms with van der Waals surface area (Å²) in [4.78, 5) is 0. The van der Waals surface area contributed by atoms with Crippen LogP contribution in [0.1, 0.15) is 89.5 Å². The van der Waals surface area contributed by atoms with Crippen molar-refractivity contribution < 1.29 is 9.13 Å². The predicted octanol–water partition coefficient (Wildman–Crippen LogP) is 6.89. The summed E-state index contributed by atoms with van der Waals surface area (Å²) >= 11 is 0. The van der Waals surface area contributed by atoms with Gasteiger partial charge in [0.05, 0.1) is 12.2 Å². The van der Waals surface area contributed by atoms with Crippen molar-refractivity contribution in [1.82, 2.24) is 0 Å². The zero-order valence-electron chi connectivity index (χ0n) is 15.3. The van der Waals surface area contributed by atoms with E-state index in [-0.39, 0.29) is 11.4 Å². The first-order valence-electron chi connectivity index (χ1n) is 9.67. The van der Waals surface area contributed by atoms with Gasteiger partial charge in [-0.15, -0.1) is 6.42 Å². The van der Waals surface area contributed by atoms with Crippen molar-refractivity contribution in [2.24, 2.45) is 0 Å². The summed E-state index contributed by atoms with van der Waals surface area (Å²) in [5, 5.41) is 0. The monoisotopic (exact) mass is 332 g/mol. The van der Waals surface area contributed by atoms with Gasteiger partial charge in [-0.2, -0.15) is 0 Å². The fourth-order valence-electron chi connectivity index (χ4n) is 2.84. The van der Waals surface area contributed by atoms with Crippen molar-refractivity contribution >= 4 is 0 Å². The fraction of sp³-hybridized carbons (Fsp3) is 0.636. The summed E-state index contributed by atoms with van der Waals surface area (Å²) in [6.45, 7) is 2.91. The number of ether oxygens (including phenoxy) is 1. The van der Waals surface area contributed by atoms with E-state index < -0.39 is 0 Å². The number of unbranched alkanes of at least 4 members (excludes halogenated alkanes) is 11. The molecule has 1 rings (SSSR count). The van der Waals surface area contributed by atoms with Crippen molar-refractivity contribution in [1.29, 1.82) is 0 Å². The normalized spacial score (nSPS) is 10.5. The summed E-state index contributed by atoms with van der Waals surface area (Å²) in [7, 11) is 0. The second-order valence-electron chi connectivity index (χ2n) is 6.52. The van der Waals surface area contributed by atoms with Crippen molar-refractivity contribution in [2.75, 3.05) is 6.61 Å². The zero-order chi connectivity index (χ0) is 17.5. The molecule has 0 aliphatic carbocycles. The molecule has 0 saturated heterocycles. The summed E-state index contributed by atoms with van der Waals surface area (Å²) in [5.74, 6) is 2.49. The Morgan fingerprint density at radius 2 is 1.42 bits per heavy atom. The van der Waals surface area contributed by atoms with Gasteiger partial charge in [-0.25, -0.2) is 4.39 Å². The molecule has 24 heavy (non-hydrogen) atoms. The second kappa shape index (κ2) is 13.9. The lowest BCUT2D eigenvalue weighted by atomic mass is 10.1. The van der Waals surface area contributed by atoms with E-state index >= 15 is 0 Å². The van der Waals surface area contributed by atoms with Crippen LogP contribution in [0.4, 0.5) is 4.39 Å². The van der Waals surface area contributed by atoms with Crippen LogP contribution >= 0.6 is 0 Å². The minimum atomic E-state index is -0.385. The van der Waals surface area contributed by atoms with Gasteiger partial charge in [-0.05, 0) is 18.6 Å². The molecule has 0 aromatic heterocycles. The Labute approximate surface area is 148 Å². The van der Waals surface area contributed by atoms with Crippen LogP contribution in [0.3, 0.4) is 0 Å². The number of rotatable bonds is 14. The molecular formula is C22H33FO. The van der Waals surface area contributed by atoms with E-state index in [1.807, 2.05) is 0 Å². The highest BCUT2D eigenvalue weighted by molar-refractivity contribution is 5.38. The minimum absolute atomic E-state index is 0.285. The number of hydrogen-bond donors (Lipinski definition) is 0. The van der Waals surface area contributed by atoms with Crippen LogP contribution in [-0.4, -0.2) is 6.61 Å². The SMILES string of the molecule is C#Cc1ccc(OCCCCCCCCCCCCCC)cc1F. The highest BCUT2D eigenvalue weighted by Crippen LogP contribution is 2.17. The van der Waals surface area contributed by atoms with Crippen LogP contribution in [0.15, 0.2) is 18.2 Å². The Morgan fingerprint density at radius 1 is 0.875 bits per heavy atom. The Balaban J connectivity index is 1.90. The Morgan fingerprint density at radius 3 is 1.92 bits per heavy atom. The molecule has 0 saturated carbocycles. The van der Waals surface area contributed by atoms with E-state index in [0.29, 0.717) is 12.4 Å². The lowest BCUT2D eigenvalue weighted by Gasteiger charge is -2.07. The van der Waals surface area contributed by atoms with E-state index in [4.69, 9.17) is 11.2 Å². The topological polar surface area (TPSA) is 9.23 Å². The average Bonchev–Trinajstić information content (AvgIpc) is 2.59. The third-order valence-corrected chi connectivity index (χ3v) is 4.36. The number of benzene rings is 1. The standard InChI is InChI=1S/C22H33FO/c1-3-5-6-7-8-9-10-11-12-13-14-15-18-24-21-17-16-20(4-2)22(23)19-21/h2,16-17,19H,3,5-15,18H2,1H3. The van der Waals surface area contributed by atoms with Crippen molar-refractivity contribution in [3.05, 3.63) is 29.6 Å². The number of terminal acetylenes is 1. The predicted molar refractivity (Wildman–Crippen MR) is 101 cm³/mol. The van der Waals surface area contributed by atoms with Crippen molar-refractivity contribution in [2.45, 2.75) is 84.0 Å². The Kier molecular flexibility index (Phi) is 11.9. The molecular weight excluding hydrogens is 299 g/mol. The summed E-state index contributed by atoms with van der Waals surface area (Å²) < 4.78 is 19.1. The smallest absolute Gasteiger partial charge is 0.142 e. The first-order chi connectivity index (χ1) is 11.8. The zero-order valence-corrected chi connectivity index (χ0v) is 15.3. The molecule has 134 valence electrons. The van der Waals surface area contributed by atoms with Crippen LogP contribution in [0.25, 0.3) is 0 Å². The molecule has 0 radical (unpaired) electrons. The molecule has 0 aliphatic rings. The van der Waals surface area contributed by atoms with Gasteiger partial charge >= 0.3 is 0 Å². The van der Waals surface area contributed by atoms with Gasteiger partial charge in [-0.3, -0.25) is 0 Å². The molecule has 0 atom stereocenters. The van der Waals surface area contributed by atoms with Gasteiger partial charge in [0.1, 0.15) is 11.6 Å². The molecule has 0 aliphatic heterocycles. The van der Waals surface area contributed by atoms with Crippen molar-refractivity contribution in [3.8, 4) is 18.1 Å². The third-order valence-electron chi connectivity index (χ3n) is 4.36. The van der Waals surface area contributed by atoms with E-state index in [9.17, 15) is 4.39 Å². The van der Waals surface area contributed by atoms with Crippen LogP contribution in [0.5, 0.6) is 5.75 Å². The molecule has 0 bridgehead atoms. The van der Waals surface area contributed by atoms with E-state index in [1.165, 1.54) is 76.7 Å². The maximum absolute atomic E-state index is 13.5. The summed E-state index contributed by atoms with van der Waals surface area (Å²) in [6.07, 6.45) is 21.1. The maximum atomic E-state index is 13.5. The Bertz CT molecular complexity index is 475. The average molecular weight is 333 g/mol. The summed E-state index contributed by atoms with van der Waals surface area (Å²) in [5.41, 5.74) is 0.285. The number of hydrogen-bond acceptors (Lipinski definition) is 1. The van der Waals surface area contributed by atoms with E-state index in [0.717, 1.165) is 6.42 Å². The highest BCUT2D eigenvalue weighted by atomic mass is 19.1. The fourth-order valence-corrected chi connectivity index (χ4v) is 2.84. The first-order valence-corrected chi connectivity index (χ1v) is 9.67. The largest absolute Gasteiger partial charge is 0.493 e. The molecule has 0 amide bonds. The third kappa shape index (κ3) is 9.60. The molecule has 2 heteroatoms. The lowest BCUT2D eigenvalue weighted by Crippen LogP contribution is -1.98. The first kappa shape index (κ1) is 20.6. The second-order valence-corrected chi connectivity index (χ2v) is 6.52. The molecule has 1 aromatic rings. The molecule has 1 nitrogen and oxygen atoms in total. The maximum Gasteiger partial charge on any atom is 0.142 e. The van der Waals surface area contributed by atoms with Crippen molar-refractivity contribution in [3.63, 3.8) is 0 Å². The van der Waals surface area contributed by atoms with Gasteiger partial charge in [-0.1, -0.05) is 83.5 Å². The highest BCUT2D eigenvalue weighted by Gasteiger charge is 2.01. The Hall–Kier alpha value is -1.49. The summed E-state index contributed by atoms with van der Waals surface area (Å²) in [6, 6.07) is 4.70. The van der Waals surface area contributed by atoms with Crippen LogP contribution in [0.2, 0.25) is 0 Å². The molecule has 0 unspecified atom stereocenters.